The zero-order valence-electron chi connectivity index (χ0n) is 13.4. The molecular weight excluding hydrogens is 270 g/mol. The van der Waals surface area contributed by atoms with Crippen LogP contribution >= 0.6 is 0 Å². The molecule has 0 bridgehead atoms. The topological polar surface area (TPSA) is 33.1 Å². The van der Waals surface area contributed by atoms with Crippen LogP contribution in [0.15, 0.2) is 60.7 Å². The van der Waals surface area contributed by atoms with Crippen molar-refractivity contribution in [3.8, 4) is 16.9 Å². The molecule has 0 aliphatic heterocycles. The lowest BCUT2D eigenvalue weighted by Crippen LogP contribution is -2.06. The van der Waals surface area contributed by atoms with Crippen molar-refractivity contribution in [3.63, 3.8) is 0 Å². The van der Waals surface area contributed by atoms with Gasteiger partial charge >= 0.3 is 0 Å². The van der Waals surface area contributed by atoms with Gasteiger partial charge in [-0.1, -0.05) is 56.3 Å². The smallest absolute Gasteiger partial charge is 0.214 e. The number of benzene rings is 2. The third kappa shape index (κ3) is 4.32. The average Bonchev–Trinajstić information content (AvgIpc) is 2.54. The van der Waals surface area contributed by atoms with Crippen molar-refractivity contribution in [1.29, 1.82) is 5.41 Å². The Labute approximate surface area is 133 Å². The number of ether oxygens (including phenoxy) is 1. The minimum Gasteiger partial charge on any atom is -0.439 e. The standard InChI is InChI=1S/C20H23NO/c1-4-5-6-16-7-9-17(10-8-16)18-11-13-19(14-12-18)22-20(21)15(2)3/h7-14,21H,2,4-6H2,1,3H3. The first kappa shape index (κ1) is 16.0. The third-order valence-electron chi connectivity index (χ3n) is 3.57. The van der Waals surface area contributed by atoms with Crippen molar-refractivity contribution in [1.82, 2.24) is 0 Å². The zero-order valence-corrected chi connectivity index (χ0v) is 13.4. The van der Waals surface area contributed by atoms with Crippen LogP contribution < -0.4 is 4.74 Å². The second kappa shape index (κ2) is 7.60. The van der Waals surface area contributed by atoms with Gasteiger partial charge in [0.2, 0.25) is 5.90 Å². The van der Waals surface area contributed by atoms with E-state index in [0.29, 0.717) is 11.3 Å². The van der Waals surface area contributed by atoms with Gasteiger partial charge in [0.1, 0.15) is 5.75 Å². The molecule has 0 saturated carbocycles. The Morgan fingerprint density at radius 1 is 1.00 bits per heavy atom. The molecule has 2 nitrogen and oxygen atoms in total. The number of rotatable bonds is 6. The van der Waals surface area contributed by atoms with E-state index in [0.717, 1.165) is 12.0 Å². The van der Waals surface area contributed by atoms with Crippen molar-refractivity contribution < 1.29 is 4.74 Å². The summed E-state index contributed by atoms with van der Waals surface area (Å²) in [6, 6.07) is 16.5. The Balaban J connectivity index is 2.06. The van der Waals surface area contributed by atoms with E-state index in [1.54, 1.807) is 6.92 Å². The molecule has 2 aromatic carbocycles. The van der Waals surface area contributed by atoms with Gasteiger partial charge in [-0.25, -0.2) is 0 Å². The highest BCUT2D eigenvalue weighted by Crippen LogP contribution is 2.23. The van der Waals surface area contributed by atoms with E-state index in [9.17, 15) is 0 Å². The lowest BCUT2D eigenvalue weighted by Gasteiger charge is -2.08. The van der Waals surface area contributed by atoms with Crippen LogP contribution in [0.3, 0.4) is 0 Å². The fourth-order valence-electron chi connectivity index (χ4n) is 2.17. The molecule has 2 aromatic rings. The van der Waals surface area contributed by atoms with E-state index in [1.807, 2.05) is 24.3 Å². The van der Waals surface area contributed by atoms with Crippen LogP contribution in [0, 0.1) is 5.41 Å². The Morgan fingerprint density at radius 2 is 1.55 bits per heavy atom. The number of nitrogens with one attached hydrogen (secondary N) is 1. The second-order valence-corrected chi connectivity index (χ2v) is 5.54. The summed E-state index contributed by atoms with van der Waals surface area (Å²) < 4.78 is 5.41. The summed E-state index contributed by atoms with van der Waals surface area (Å²) in [4.78, 5) is 0. The maximum absolute atomic E-state index is 7.66. The summed E-state index contributed by atoms with van der Waals surface area (Å²) in [5, 5.41) is 7.66. The molecule has 0 fully saturated rings. The van der Waals surface area contributed by atoms with Crippen LogP contribution in [-0.4, -0.2) is 5.90 Å². The van der Waals surface area contributed by atoms with Crippen LogP contribution in [0.2, 0.25) is 0 Å². The normalized spacial score (nSPS) is 10.3. The van der Waals surface area contributed by atoms with E-state index in [1.165, 1.54) is 24.0 Å². The zero-order chi connectivity index (χ0) is 15.9. The molecule has 0 aromatic heterocycles. The van der Waals surface area contributed by atoms with Crippen molar-refractivity contribution in [2.75, 3.05) is 0 Å². The van der Waals surface area contributed by atoms with E-state index >= 15 is 0 Å². The van der Waals surface area contributed by atoms with Crippen LogP contribution in [0.25, 0.3) is 11.1 Å². The van der Waals surface area contributed by atoms with Crippen molar-refractivity contribution >= 4 is 5.90 Å². The Bertz CT molecular complexity index is 638. The van der Waals surface area contributed by atoms with Gasteiger partial charge in [0.15, 0.2) is 0 Å². The Kier molecular flexibility index (Phi) is 5.54. The van der Waals surface area contributed by atoms with Crippen molar-refractivity contribution in [2.45, 2.75) is 33.1 Å². The molecule has 0 radical (unpaired) electrons. The summed E-state index contributed by atoms with van der Waals surface area (Å²) in [6.45, 7) is 7.67. The van der Waals surface area contributed by atoms with Gasteiger partial charge < -0.3 is 4.74 Å². The van der Waals surface area contributed by atoms with E-state index in [2.05, 4.69) is 37.8 Å². The van der Waals surface area contributed by atoms with Gasteiger partial charge in [0.25, 0.3) is 0 Å². The maximum Gasteiger partial charge on any atom is 0.214 e. The van der Waals surface area contributed by atoms with E-state index in [4.69, 9.17) is 10.1 Å². The fraction of sp³-hybridized carbons (Fsp3) is 0.250. The molecule has 0 amide bonds. The molecule has 0 heterocycles. The molecule has 0 unspecified atom stereocenters. The summed E-state index contributed by atoms with van der Waals surface area (Å²) in [5.74, 6) is 0.768. The molecule has 0 aliphatic carbocycles. The molecule has 1 N–H and O–H groups in total. The molecule has 0 aliphatic rings. The quantitative estimate of drug-likeness (QED) is 0.543. The summed E-state index contributed by atoms with van der Waals surface area (Å²) in [6.07, 6.45) is 3.61. The molecule has 2 rings (SSSR count). The summed E-state index contributed by atoms with van der Waals surface area (Å²) >= 11 is 0. The van der Waals surface area contributed by atoms with Crippen LogP contribution in [0.5, 0.6) is 5.75 Å². The lowest BCUT2D eigenvalue weighted by molar-refractivity contribution is 0.546. The van der Waals surface area contributed by atoms with Gasteiger partial charge in [-0.05, 0) is 48.6 Å². The lowest BCUT2D eigenvalue weighted by atomic mass is 10.0. The second-order valence-electron chi connectivity index (χ2n) is 5.54. The molecule has 0 saturated heterocycles. The first-order valence-corrected chi connectivity index (χ1v) is 7.72. The SMILES string of the molecule is C=C(C)C(=N)Oc1ccc(-c2ccc(CCCC)cc2)cc1. The number of hydrogen-bond acceptors (Lipinski definition) is 2. The molecule has 0 atom stereocenters. The van der Waals surface area contributed by atoms with Crippen molar-refractivity contribution in [3.05, 3.63) is 66.2 Å². The van der Waals surface area contributed by atoms with Crippen molar-refractivity contribution in [2.24, 2.45) is 0 Å². The first-order chi connectivity index (χ1) is 10.6. The summed E-state index contributed by atoms with van der Waals surface area (Å²) in [5.41, 5.74) is 4.35. The highest BCUT2D eigenvalue weighted by Gasteiger charge is 2.03. The number of unbranched alkanes of at least 4 members (excludes halogenated alkanes) is 1. The van der Waals surface area contributed by atoms with Gasteiger partial charge in [-0.2, -0.15) is 0 Å². The average molecular weight is 293 g/mol. The van der Waals surface area contributed by atoms with E-state index < -0.39 is 0 Å². The Hall–Kier alpha value is -2.35. The number of hydrogen-bond donors (Lipinski definition) is 1. The Morgan fingerprint density at radius 3 is 2.05 bits per heavy atom. The minimum absolute atomic E-state index is 0.105. The van der Waals surface area contributed by atoms with Gasteiger partial charge in [0, 0.05) is 5.57 Å². The molecule has 114 valence electrons. The first-order valence-electron chi connectivity index (χ1n) is 7.72. The monoisotopic (exact) mass is 293 g/mol. The minimum atomic E-state index is 0.105. The molecule has 2 heteroatoms. The largest absolute Gasteiger partial charge is 0.439 e. The van der Waals surface area contributed by atoms with Crippen LogP contribution in [-0.2, 0) is 6.42 Å². The predicted octanol–water partition coefficient (Wildman–Crippen LogP) is 5.63. The van der Waals surface area contributed by atoms with Gasteiger partial charge in [-0.3, -0.25) is 5.41 Å². The van der Waals surface area contributed by atoms with Crippen LogP contribution in [0.4, 0.5) is 0 Å². The fourth-order valence-corrected chi connectivity index (χ4v) is 2.17. The van der Waals surface area contributed by atoms with Crippen LogP contribution in [0.1, 0.15) is 32.3 Å². The van der Waals surface area contributed by atoms with E-state index in [-0.39, 0.29) is 5.90 Å². The molecule has 0 spiro atoms. The molecular formula is C20H23NO. The van der Waals surface area contributed by atoms with Gasteiger partial charge in [0.05, 0.1) is 0 Å². The summed E-state index contributed by atoms with van der Waals surface area (Å²) in [7, 11) is 0. The highest BCUT2D eigenvalue weighted by molar-refractivity contribution is 5.91. The predicted molar refractivity (Wildman–Crippen MR) is 93.7 cm³/mol. The highest BCUT2D eigenvalue weighted by atomic mass is 16.5. The maximum atomic E-state index is 7.66. The number of aryl methyl sites for hydroxylation is 1. The third-order valence-corrected chi connectivity index (χ3v) is 3.57. The van der Waals surface area contributed by atoms with Gasteiger partial charge in [-0.15, -0.1) is 0 Å². The molecule has 22 heavy (non-hydrogen) atoms.